The van der Waals surface area contributed by atoms with Gasteiger partial charge in [-0.15, -0.1) is 0 Å². The number of rotatable bonds is 7. The molecule has 0 aromatic carbocycles. The fourth-order valence-corrected chi connectivity index (χ4v) is 1.03. The van der Waals surface area contributed by atoms with Gasteiger partial charge in [-0.2, -0.15) is 4.91 Å². The van der Waals surface area contributed by atoms with Crippen LogP contribution < -0.4 is 5.73 Å². The Morgan fingerprint density at radius 1 is 1.36 bits per heavy atom. The van der Waals surface area contributed by atoms with Gasteiger partial charge in [-0.05, 0) is 25.3 Å². The highest BCUT2D eigenvalue weighted by Gasteiger charge is 2.00. The van der Waals surface area contributed by atoms with Crippen LogP contribution in [0.1, 0.15) is 32.6 Å². The molecule has 0 radical (unpaired) electrons. The maximum absolute atomic E-state index is 9.83. The molecule has 0 spiro atoms. The van der Waals surface area contributed by atoms with Gasteiger partial charge in [0.15, 0.2) is 0 Å². The normalized spacial score (nSPS) is 12.9. The Morgan fingerprint density at radius 2 is 2.09 bits per heavy atom. The van der Waals surface area contributed by atoms with Crippen LogP contribution in [0.4, 0.5) is 0 Å². The fraction of sp³-hybridized carbons (Fsp3) is 1.00. The van der Waals surface area contributed by atoms with Crippen LogP contribution in [0, 0.1) is 10.8 Å². The van der Waals surface area contributed by atoms with Gasteiger partial charge in [-0.1, -0.05) is 24.9 Å². The molecule has 11 heavy (non-hydrogen) atoms. The molecular formula is C8H18N2O. The lowest BCUT2D eigenvalue weighted by molar-refractivity contribution is 0.501. The quantitative estimate of drug-likeness (QED) is 0.454. The molecule has 0 amide bonds. The van der Waals surface area contributed by atoms with Crippen molar-refractivity contribution in [3.63, 3.8) is 0 Å². The number of unbranched alkanes of at least 4 members (excludes halogenated alkanes) is 2. The second kappa shape index (κ2) is 7.66. The van der Waals surface area contributed by atoms with E-state index in [4.69, 9.17) is 5.73 Å². The van der Waals surface area contributed by atoms with Crippen LogP contribution in [-0.2, 0) is 0 Å². The Hall–Kier alpha value is -0.440. The van der Waals surface area contributed by atoms with E-state index in [-0.39, 0.29) is 0 Å². The smallest absolute Gasteiger partial charge is 0.0836 e. The largest absolute Gasteiger partial charge is 0.330 e. The Balaban J connectivity index is 3.03. The second-order valence-electron chi connectivity index (χ2n) is 3.05. The lowest BCUT2D eigenvalue weighted by Gasteiger charge is -2.04. The molecular weight excluding hydrogens is 140 g/mol. The molecule has 0 aliphatic rings. The van der Waals surface area contributed by atoms with Crippen molar-refractivity contribution < 1.29 is 0 Å². The van der Waals surface area contributed by atoms with E-state index in [2.05, 4.69) is 12.1 Å². The van der Waals surface area contributed by atoms with Gasteiger partial charge in [0.1, 0.15) is 0 Å². The Morgan fingerprint density at radius 3 is 2.64 bits per heavy atom. The van der Waals surface area contributed by atoms with Crippen molar-refractivity contribution in [3.05, 3.63) is 4.91 Å². The van der Waals surface area contributed by atoms with Crippen LogP contribution in [0.15, 0.2) is 5.18 Å². The number of nitrogens with two attached hydrogens (primary N) is 1. The molecule has 1 atom stereocenters. The van der Waals surface area contributed by atoms with Crippen LogP contribution in [0.2, 0.25) is 0 Å². The van der Waals surface area contributed by atoms with Gasteiger partial charge in [-0.3, -0.25) is 0 Å². The summed E-state index contributed by atoms with van der Waals surface area (Å²) < 4.78 is 0. The highest BCUT2D eigenvalue weighted by Crippen LogP contribution is 2.08. The van der Waals surface area contributed by atoms with E-state index >= 15 is 0 Å². The van der Waals surface area contributed by atoms with Crippen molar-refractivity contribution in [2.45, 2.75) is 32.6 Å². The van der Waals surface area contributed by atoms with E-state index in [1.54, 1.807) is 0 Å². The SMILES string of the molecule is CC(CCCCCN)CN=O. The summed E-state index contributed by atoms with van der Waals surface area (Å²) in [6.07, 6.45) is 4.56. The first-order valence-electron chi connectivity index (χ1n) is 4.30. The van der Waals surface area contributed by atoms with Crippen LogP contribution in [-0.4, -0.2) is 13.1 Å². The number of nitroso groups, excluding NO2 is 1. The van der Waals surface area contributed by atoms with Gasteiger partial charge >= 0.3 is 0 Å². The molecule has 0 aromatic rings. The summed E-state index contributed by atoms with van der Waals surface area (Å²) in [5.74, 6) is 0.449. The van der Waals surface area contributed by atoms with E-state index in [1.807, 2.05) is 0 Å². The third-order valence-electron chi connectivity index (χ3n) is 1.79. The summed E-state index contributed by atoms with van der Waals surface area (Å²) >= 11 is 0. The summed E-state index contributed by atoms with van der Waals surface area (Å²) in [4.78, 5) is 9.83. The number of nitrogens with zero attached hydrogens (tertiary/aromatic N) is 1. The van der Waals surface area contributed by atoms with Gasteiger partial charge in [0.05, 0.1) is 6.54 Å². The van der Waals surface area contributed by atoms with Crippen LogP contribution in [0.5, 0.6) is 0 Å². The Labute approximate surface area is 68.3 Å². The predicted molar refractivity (Wildman–Crippen MR) is 47.3 cm³/mol. The molecule has 0 saturated carbocycles. The summed E-state index contributed by atoms with van der Waals surface area (Å²) in [6.45, 7) is 3.30. The first-order valence-corrected chi connectivity index (χ1v) is 4.30. The first-order chi connectivity index (χ1) is 5.31. The van der Waals surface area contributed by atoms with E-state index in [1.165, 1.54) is 12.8 Å². The monoisotopic (exact) mass is 158 g/mol. The fourth-order valence-electron chi connectivity index (χ4n) is 1.03. The van der Waals surface area contributed by atoms with Crippen LogP contribution >= 0.6 is 0 Å². The highest BCUT2D eigenvalue weighted by atomic mass is 16.3. The summed E-state index contributed by atoms with van der Waals surface area (Å²) in [7, 11) is 0. The summed E-state index contributed by atoms with van der Waals surface area (Å²) in [5, 5.41) is 2.86. The van der Waals surface area contributed by atoms with Gasteiger partial charge in [0.2, 0.25) is 0 Å². The van der Waals surface area contributed by atoms with Crippen molar-refractivity contribution in [3.8, 4) is 0 Å². The van der Waals surface area contributed by atoms with E-state index in [0.717, 1.165) is 19.4 Å². The molecule has 3 heteroatoms. The van der Waals surface area contributed by atoms with Gasteiger partial charge < -0.3 is 5.73 Å². The average molecular weight is 158 g/mol. The highest BCUT2D eigenvalue weighted by molar-refractivity contribution is 4.55. The molecule has 0 bridgehead atoms. The number of hydrogen-bond donors (Lipinski definition) is 1. The van der Waals surface area contributed by atoms with Crippen molar-refractivity contribution >= 4 is 0 Å². The topological polar surface area (TPSA) is 55.4 Å². The molecule has 1 unspecified atom stereocenters. The van der Waals surface area contributed by atoms with Crippen molar-refractivity contribution in [2.24, 2.45) is 16.8 Å². The van der Waals surface area contributed by atoms with Gasteiger partial charge in [0, 0.05) is 0 Å². The van der Waals surface area contributed by atoms with E-state index in [9.17, 15) is 4.91 Å². The third-order valence-corrected chi connectivity index (χ3v) is 1.79. The standard InChI is InChI=1S/C8H18N2O/c1-8(7-10-11)5-3-2-4-6-9/h8H,2-7,9H2,1H3. The van der Waals surface area contributed by atoms with Gasteiger partial charge in [0.25, 0.3) is 0 Å². The van der Waals surface area contributed by atoms with E-state index in [0.29, 0.717) is 12.5 Å². The Bertz CT molecular complexity index is 96.1. The van der Waals surface area contributed by atoms with Crippen LogP contribution in [0.25, 0.3) is 0 Å². The maximum Gasteiger partial charge on any atom is 0.0836 e. The minimum absolute atomic E-state index is 0.449. The van der Waals surface area contributed by atoms with Crippen molar-refractivity contribution in [1.82, 2.24) is 0 Å². The molecule has 0 aliphatic heterocycles. The van der Waals surface area contributed by atoms with Crippen LogP contribution in [0.3, 0.4) is 0 Å². The minimum atomic E-state index is 0.449. The molecule has 0 aliphatic carbocycles. The molecule has 0 rings (SSSR count). The average Bonchev–Trinajstić information content (AvgIpc) is 1.99. The first kappa shape index (κ1) is 10.6. The maximum atomic E-state index is 9.83. The molecule has 3 nitrogen and oxygen atoms in total. The number of hydrogen-bond acceptors (Lipinski definition) is 3. The third kappa shape index (κ3) is 7.46. The molecule has 66 valence electrons. The van der Waals surface area contributed by atoms with Crippen molar-refractivity contribution in [1.29, 1.82) is 0 Å². The summed E-state index contributed by atoms with van der Waals surface area (Å²) in [6, 6.07) is 0. The van der Waals surface area contributed by atoms with E-state index < -0.39 is 0 Å². The lowest BCUT2D eigenvalue weighted by Crippen LogP contribution is -2.01. The molecule has 0 saturated heterocycles. The van der Waals surface area contributed by atoms with Crippen molar-refractivity contribution in [2.75, 3.05) is 13.1 Å². The summed E-state index contributed by atoms with van der Waals surface area (Å²) in [5.41, 5.74) is 5.34. The molecule has 0 fully saturated rings. The predicted octanol–water partition coefficient (Wildman–Crippen LogP) is 1.91. The zero-order chi connectivity index (χ0) is 8.53. The molecule has 0 heterocycles. The zero-order valence-corrected chi connectivity index (χ0v) is 7.25. The Kier molecular flexibility index (Phi) is 7.36. The lowest BCUT2D eigenvalue weighted by atomic mass is 10.0. The zero-order valence-electron chi connectivity index (χ0n) is 7.25. The van der Waals surface area contributed by atoms with Gasteiger partial charge in [-0.25, -0.2) is 0 Å². The second-order valence-corrected chi connectivity index (χ2v) is 3.05. The minimum Gasteiger partial charge on any atom is -0.330 e. The molecule has 2 N–H and O–H groups in total. The molecule has 0 aromatic heterocycles.